The normalized spacial score (nSPS) is 10.7. The van der Waals surface area contributed by atoms with E-state index in [1.54, 1.807) is 11.0 Å². The summed E-state index contributed by atoms with van der Waals surface area (Å²) in [5.41, 5.74) is 3.89. The van der Waals surface area contributed by atoms with Crippen molar-refractivity contribution in [2.45, 2.75) is 27.7 Å². The van der Waals surface area contributed by atoms with E-state index in [2.05, 4.69) is 10.3 Å². The zero-order valence-electron chi connectivity index (χ0n) is 13.6. The molecule has 0 saturated carbocycles. The lowest BCUT2D eigenvalue weighted by Gasteiger charge is -2.20. The van der Waals surface area contributed by atoms with E-state index < -0.39 is 0 Å². The topological polar surface area (TPSA) is 65.2 Å². The van der Waals surface area contributed by atoms with Crippen molar-refractivity contribution in [3.05, 3.63) is 35.0 Å². The Morgan fingerprint density at radius 1 is 1.23 bits per heavy atom. The molecule has 2 aromatic rings. The molecule has 1 aromatic heterocycles. The Bertz CT molecular complexity index is 703. The summed E-state index contributed by atoms with van der Waals surface area (Å²) in [5.74, 6) is -0.249. The number of amides is 2. The number of hydrogen-bond donors (Lipinski definition) is 2. The molecule has 5 heteroatoms. The second-order valence-electron chi connectivity index (χ2n) is 5.41. The van der Waals surface area contributed by atoms with E-state index in [9.17, 15) is 9.59 Å². The Kier molecular flexibility index (Phi) is 4.85. The number of aromatic nitrogens is 1. The molecule has 2 N–H and O–H groups in total. The van der Waals surface area contributed by atoms with Crippen molar-refractivity contribution in [3.63, 3.8) is 0 Å². The largest absolute Gasteiger partial charge is 0.358 e. The molecule has 0 atom stereocenters. The molecule has 0 spiro atoms. The Morgan fingerprint density at radius 3 is 2.59 bits per heavy atom. The molecule has 1 aromatic carbocycles. The van der Waals surface area contributed by atoms with E-state index in [1.807, 2.05) is 39.8 Å². The summed E-state index contributed by atoms with van der Waals surface area (Å²) in [5, 5.41) is 3.77. The van der Waals surface area contributed by atoms with Gasteiger partial charge in [0.1, 0.15) is 0 Å². The monoisotopic (exact) mass is 301 g/mol. The van der Waals surface area contributed by atoms with Crippen LogP contribution in [0.4, 0.5) is 0 Å². The standard InChI is InChI=1S/C17H23N3O2/c1-5-18-16(21)10-20(6-2)17(22)13-7-8-15-14(9-13)11(3)12(4)19-15/h7-9,19H,5-6,10H2,1-4H3,(H,18,21). The number of H-pyrrole nitrogens is 1. The van der Waals surface area contributed by atoms with Gasteiger partial charge in [-0.05, 0) is 51.5 Å². The van der Waals surface area contributed by atoms with Crippen LogP contribution in [0.1, 0.15) is 35.5 Å². The third kappa shape index (κ3) is 3.13. The van der Waals surface area contributed by atoms with Gasteiger partial charge in [-0.2, -0.15) is 0 Å². The van der Waals surface area contributed by atoms with E-state index in [0.717, 1.165) is 22.2 Å². The summed E-state index contributed by atoms with van der Waals surface area (Å²) in [6.07, 6.45) is 0. The van der Waals surface area contributed by atoms with E-state index in [4.69, 9.17) is 0 Å². The second-order valence-corrected chi connectivity index (χ2v) is 5.41. The first kappa shape index (κ1) is 16.1. The fourth-order valence-electron chi connectivity index (χ4n) is 2.53. The van der Waals surface area contributed by atoms with E-state index in [1.165, 1.54) is 0 Å². The number of benzene rings is 1. The number of carbonyl (C=O) groups excluding carboxylic acids is 2. The summed E-state index contributed by atoms with van der Waals surface area (Å²) in [4.78, 5) is 29.2. The number of rotatable bonds is 5. The lowest BCUT2D eigenvalue weighted by molar-refractivity contribution is -0.121. The predicted octanol–water partition coefficient (Wildman–Crippen LogP) is 2.38. The first-order valence-electron chi connectivity index (χ1n) is 7.62. The highest BCUT2D eigenvalue weighted by Gasteiger charge is 2.18. The Morgan fingerprint density at radius 2 is 1.95 bits per heavy atom. The van der Waals surface area contributed by atoms with E-state index in [0.29, 0.717) is 18.7 Å². The smallest absolute Gasteiger partial charge is 0.254 e. The summed E-state index contributed by atoms with van der Waals surface area (Å²) in [6, 6.07) is 5.62. The maximum absolute atomic E-state index is 12.6. The highest BCUT2D eigenvalue weighted by Crippen LogP contribution is 2.23. The first-order valence-corrected chi connectivity index (χ1v) is 7.62. The van der Waals surface area contributed by atoms with E-state index in [-0.39, 0.29) is 18.4 Å². The molecule has 0 aliphatic carbocycles. The molecule has 0 bridgehead atoms. The molecular weight excluding hydrogens is 278 g/mol. The van der Waals surface area contributed by atoms with Crippen LogP contribution in [0, 0.1) is 13.8 Å². The minimum Gasteiger partial charge on any atom is -0.358 e. The Balaban J connectivity index is 2.27. The lowest BCUT2D eigenvalue weighted by Crippen LogP contribution is -2.40. The summed E-state index contributed by atoms with van der Waals surface area (Å²) in [6.45, 7) is 8.95. The second kappa shape index (κ2) is 6.64. The van der Waals surface area contributed by atoms with E-state index >= 15 is 0 Å². The average molecular weight is 301 g/mol. The molecule has 0 saturated heterocycles. The zero-order valence-corrected chi connectivity index (χ0v) is 13.6. The maximum Gasteiger partial charge on any atom is 0.254 e. The van der Waals surface area contributed by atoms with Crippen molar-refractivity contribution < 1.29 is 9.59 Å². The molecule has 22 heavy (non-hydrogen) atoms. The summed E-state index contributed by atoms with van der Waals surface area (Å²) >= 11 is 0. The van der Waals surface area contributed by atoms with Gasteiger partial charge in [0, 0.05) is 35.2 Å². The van der Waals surface area contributed by atoms with Crippen LogP contribution in [0.25, 0.3) is 10.9 Å². The summed E-state index contributed by atoms with van der Waals surface area (Å²) in [7, 11) is 0. The molecule has 2 rings (SSSR count). The van der Waals surface area contributed by atoms with Crippen molar-refractivity contribution in [2.24, 2.45) is 0 Å². The molecule has 0 aliphatic rings. The number of hydrogen-bond acceptors (Lipinski definition) is 2. The molecule has 0 aliphatic heterocycles. The van der Waals surface area contributed by atoms with Gasteiger partial charge in [0.2, 0.25) is 5.91 Å². The fraction of sp³-hybridized carbons (Fsp3) is 0.412. The van der Waals surface area contributed by atoms with Crippen LogP contribution < -0.4 is 5.32 Å². The minimum atomic E-state index is -0.132. The van der Waals surface area contributed by atoms with Crippen LogP contribution in [-0.4, -0.2) is 41.3 Å². The number of likely N-dealkylation sites (N-methyl/N-ethyl adjacent to an activating group) is 2. The molecule has 1 heterocycles. The number of nitrogens with zero attached hydrogens (tertiary/aromatic N) is 1. The number of fused-ring (bicyclic) bond motifs is 1. The van der Waals surface area contributed by atoms with Crippen LogP contribution in [0.5, 0.6) is 0 Å². The van der Waals surface area contributed by atoms with Crippen LogP contribution in [-0.2, 0) is 4.79 Å². The highest BCUT2D eigenvalue weighted by molar-refractivity contribution is 6.00. The molecule has 2 amide bonds. The van der Waals surface area contributed by atoms with Crippen molar-refractivity contribution in [2.75, 3.05) is 19.6 Å². The highest BCUT2D eigenvalue weighted by atomic mass is 16.2. The van der Waals surface area contributed by atoms with Gasteiger partial charge in [-0.25, -0.2) is 0 Å². The van der Waals surface area contributed by atoms with Gasteiger partial charge in [0.15, 0.2) is 0 Å². The zero-order chi connectivity index (χ0) is 16.3. The third-order valence-corrected chi connectivity index (χ3v) is 3.93. The van der Waals surface area contributed by atoms with Gasteiger partial charge in [-0.3, -0.25) is 9.59 Å². The number of nitrogens with one attached hydrogen (secondary N) is 2. The quantitative estimate of drug-likeness (QED) is 0.890. The van der Waals surface area contributed by atoms with Crippen LogP contribution in [0.2, 0.25) is 0 Å². The van der Waals surface area contributed by atoms with Crippen LogP contribution in [0.15, 0.2) is 18.2 Å². The van der Waals surface area contributed by atoms with Crippen LogP contribution in [0.3, 0.4) is 0 Å². The van der Waals surface area contributed by atoms with Gasteiger partial charge in [-0.1, -0.05) is 0 Å². The Hall–Kier alpha value is -2.30. The predicted molar refractivity (Wildman–Crippen MR) is 88.0 cm³/mol. The van der Waals surface area contributed by atoms with Gasteiger partial charge in [0.25, 0.3) is 5.91 Å². The third-order valence-electron chi connectivity index (χ3n) is 3.93. The molecule has 0 radical (unpaired) electrons. The first-order chi connectivity index (χ1) is 10.5. The minimum absolute atomic E-state index is 0.0896. The number of aromatic amines is 1. The van der Waals surface area contributed by atoms with Gasteiger partial charge >= 0.3 is 0 Å². The SMILES string of the molecule is CCNC(=O)CN(CC)C(=O)c1ccc2[nH]c(C)c(C)c2c1. The van der Waals surface area contributed by atoms with Crippen molar-refractivity contribution in [3.8, 4) is 0 Å². The molecule has 118 valence electrons. The molecular formula is C17H23N3O2. The van der Waals surface area contributed by atoms with Crippen molar-refractivity contribution in [1.82, 2.24) is 15.2 Å². The average Bonchev–Trinajstić information content (AvgIpc) is 2.79. The lowest BCUT2D eigenvalue weighted by atomic mass is 10.1. The molecule has 0 fully saturated rings. The molecule has 5 nitrogen and oxygen atoms in total. The fourth-order valence-corrected chi connectivity index (χ4v) is 2.53. The maximum atomic E-state index is 12.6. The van der Waals surface area contributed by atoms with Crippen LogP contribution >= 0.6 is 0 Å². The van der Waals surface area contributed by atoms with Gasteiger partial charge in [0.05, 0.1) is 6.54 Å². The molecule has 0 unspecified atom stereocenters. The number of aryl methyl sites for hydroxylation is 2. The van der Waals surface area contributed by atoms with Gasteiger partial charge in [-0.15, -0.1) is 0 Å². The van der Waals surface area contributed by atoms with Gasteiger partial charge < -0.3 is 15.2 Å². The number of carbonyl (C=O) groups is 2. The summed E-state index contributed by atoms with van der Waals surface area (Å²) < 4.78 is 0. The van der Waals surface area contributed by atoms with Crippen molar-refractivity contribution in [1.29, 1.82) is 0 Å². The Labute approximate surface area is 130 Å². The van der Waals surface area contributed by atoms with Crippen molar-refractivity contribution >= 4 is 22.7 Å².